The lowest BCUT2D eigenvalue weighted by Gasteiger charge is -2.22. The lowest BCUT2D eigenvalue weighted by atomic mass is 10.0. The van der Waals surface area contributed by atoms with Crippen LogP contribution >= 0.6 is 0 Å². The van der Waals surface area contributed by atoms with E-state index in [9.17, 15) is 14.4 Å². The zero-order valence-corrected chi connectivity index (χ0v) is 16.1. The number of nitrogens with zero attached hydrogens (tertiary/aromatic N) is 2. The summed E-state index contributed by atoms with van der Waals surface area (Å²) < 4.78 is 6.51. The van der Waals surface area contributed by atoms with Crippen LogP contribution in [0.1, 0.15) is 55.3 Å². The molecule has 142 valence electrons. The molecule has 0 bridgehead atoms. The lowest BCUT2D eigenvalue weighted by Crippen LogP contribution is -2.37. The number of amides is 1. The van der Waals surface area contributed by atoms with E-state index in [1.54, 1.807) is 42.5 Å². The molecule has 0 saturated heterocycles. The van der Waals surface area contributed by atoms with E-state index < -0.39 is 5.97 Å². The zero-order chi connectivity index (χ0) is 19.7. The summed E-state index contributed by atoms with van der Waals surface area (Å²) in [6, 6.07) is 9.11. The number of hydrogen-bond acceptors (Lipinski definition) is 4. The summed E-state index contributed by atoms with van der Waals surface area (Å²) in [5.41, 5.74) is 2.72. The maximum atomic E-state index is 13.1. The Hall–Kier alpha value is -2.89. The van der Waals surface area contributed by atoms with Crippen LogP contribution in [0.15, 0.2) is 30.3 Å². The number of hydrogen-bond donors (Lipinski definition) is 0. The molecule has 27 heavy (non-hydrogen) atoms. The highest BCUT2D eigenvalue weighted by molar-refractivity contribution is 6.06. The fourth-order valence-electron chi connectivity index (χ4n) is 3.51. The van der Waals surface area contributed by atoms with Gasteiger partial charge in [-0.2, -0.15) is 0 Å². The van der Waals surface area contributed by atoms with Crippen LogP contribution in [0.2, 0.25) is 0 Å². The molecule has 6 nitrogen and oxygen atoms in total. The molecule has 0 N–H and O–H groups in total. The van der Waals surface area contributed by atoms with E-state index in [1.807, 2.05) is 18.2 Å². The molecule has 1 aromatic carbocycles. The number of carbonyl (C=O) groups is 3. The van der Waals surface area contributed by atoms with E-state index in [0.717, 1.165) is 12.8 Å². The molecule has 1 saturated carbocycles. The van der Waals surface area contributed by atoms with E-state index in [1.165, 1.54) is 7.11 Å². The molecule has 1 aliphatic rings. The number of methoxy groups -OCH3 is 1. The Morgan fingerprint density at radius 2 is 1.78 bits per heavy atom. The van der Waals surface area contributed by atoms with Crippen molar-refractivity contribution in [1.29, 1.82) is 0 Å². The Kier molecular flexibility index (Phi) is 5.17. The molecule has 1 aromatic heterocycles. The van der Waals surface area contributed by atoms with Gasteiger partial charge in [0.05, 0.1) is 13.7 Å². The Bertz CT molecular complexity index is 895. The van der Waals surface area contributed by atoms with Gasteiger partial charge >= 0.3 is 5.97 Å². The van der Waals surface area contributed by atoms with Gasteiger partial charge in [0.15, 0.2) is 5.78 Å². The molecular formula is C21H24N2O4. The van der Waals surface area contributed by atoms with Crippen LogP contribution in [0, 0.1) is 13.8 Å². The van der Waals surface area contributed by atoms with Crippen LogP contribution in [0.3, 0.4) is 0 Å². The highest BCUT2D eigenvalue weighted by Crippen LogP contribution is 2.30. The van der Waals surface area contributed by atoms with Gasteiger partial charge in [-0.3, -0.25) is 9.59 Å². The quantitative estimate of drug-likeness (QED) is 0.581. The van der Waals surface area contributed by atoms with Gasteiger partial charge in [-0.05, 0) is 44.4 Å². The van der Waals surface area contributed by atoms with Gasteiger partial charge < -0.3 is 14.2 Å². The zero-order valence-electron chi connectivity index (χ0n) is 16.1. The molecule has 1 aliphatic carbocycles. The molecule has 0 spiro atoms. The maximum Gasteiger partial charge on any atom is 0.354 e. The van der Waals surface area contributed by atoms with Crippen molar-refractivity contribution in [3.63, 3.8) is 0 Å². The first kappa shape index (κ1) is 18.9. The molecule has 3 rings (SSSR count). The summed E-state index contributed by atoms with van der Waals surface area (Å²) in [6.45, 7) is 3.55. The third-order valence-corrected chi connectivity index (χ3v) is 5.17. The summed E-state index contributed by atoms with van der Waals surface area (Å²) in [6.07, 6.45) is 1.82. The van der Waals surface area contributed by atoms with Crippen molar-refractivity contribution in [3.8, 4) is 0 Å². The fourth-order valence-corrected chi connectivity index (χ4v) is 3.51. The average Bonchev–Trinajstić information content (AvgIpc) is 3.48. The number of benzene rings is 1. The van der Waals surface area contributed by atoms with Crippen LogP contribution in [0.4, 0.5) is 0 Å². The fraction of sp³-hybridized carbons (Fsp3) is 0.381. The van der Waals surface area contributed by atoms with E-state index in [0.29, 0.717) is 28.1 Å². The highest BCUT2D eigenvalue weighted by atomic mass is 16.5. The first-order valence-corrected chi connectivity index (χ1v) is 9.00. The normalized spacial score (nSPS) is 13.3. The van der Waals surface area contributed by atoms with Gasteiger partial charge in [-0.1, -0.05) is 18.2 Å². The minimum absolute atomic E-state index is 0.00466. The van der Waals surface area contributed by atoms with Gasteiger partial charge in [-0.25, -0.2) is 4.79 Å². The van der Waals surface area contributed by atoms with Gasteiger partial charge in [0, 0.05) is 29.9 Å². The monoisotopic (exact) mass is 368 g/mol. The Morgan fingerprint density at radius 3 is 2.33 bits per heavy atom. The predicted molar refractivity (Wildman–Crippen MR) is 101 cm³/mol. The summed E-state index contributed by atoms with van der Waals surface area (Å²) in [7, 11) is 3.05. The number of ketones is 1. The second-order valence-electron chi connectivity index (χ2n) is 6.94. The number of Topliss-reactive ketones (excluding diaryl/α,β-unsaturated/α-hetero) is 1. The Labute approximate surface area is 158 Å². The summed E-state index contributed by atoms with van der Waals surface area (Å²) in [5.74, 6) is -0.769. The third-order valence-electron chi connectivity index (χ3n) is 5.17. The van der Waals surface area contributed by atoms with Crippen molar-refractivity contribution < 1.29 is 19.1 Å². The molecule has 6 heteroatoms. The van der Waals surface area contributed by atoms with Gasteiger partial charge in [0.1, 0.15) is 5.69 Å². The van der Waals surface area contributed by atoms with Crippen molar-refractivity contribution >= 4 is 17.7 Å². The number of rotatable bonds is 6. The highest BCUT2D eigenvalue weighted by Gasteiger charge is 2.35. The first-order chi connectivity index (χ1) is 12.9. The molecular weight excluding hydrogens is 344 g/mol. The molecule has 0 radical (unpaired) electrons. The minimum Gasteiger partial charge on any atom is -0.464 e. The van der Waals surface area contributed by atoms with E-state index in [4.69, 9.17) is 4.74 Å². The van der Waals surface area contributed by atoms with E-state index in [2.05, 4.69) is 0 Å². The Morgan fingerprint density at radius 1 is 1.15 bits per heavy atom. The lowest BCUT2D eigenvalue weighted by molar-refractivity contribution is 0.0588. The minimum atomic E-state index is -0.475. The van der Waals surface area contributed by atoms with Crippen LogP contribution in [-0.4, -0.2) is 46.8 Å². The van der Waals surface area contributed by atoms with Crippen LogP contribution < -0.4 is 0 Å². The van der Waals surface area contributed by atoms with Crippen LogP contribution in [-0.2, 0) is 11.8 Å². The van der Waals surface area contributed by atoms with E-state index >= 15 is 0 Å². The van der Waals surface area contributed by atoms with Crippen LogP contribution in [0.5, 0.6) is 0 Å². The first-order valence-electron chi connectivity index (χ1n) is 9.00. The van der Waals surface area contributed by atoms with Crippen molar-refractivity contribution in [1.82, 2.24) is 9.47 Å². The predicted octanol–water partition coefficient (Wildman–Crippen LogP) is 2.92. The summed E-state index contributed by atoms with van der Waals surface area (Å²) in [4.78, 5) is 39.7. The molecule has 1 heterocycles. The smallest absolute Gasteiger partial charge is 0.354 e. The molecule has 0 unspecified atom stereocenters. The average molecular weight is 368 g/mol. The van der Waals surface area contributed by atoms with Crippen molar-refractivity contribution in [2.24, 2.45) is 7.05 Å². The third kappa shape index (κ3) is 3.52. The maximum absolute atomic E-state index is 13.1. The van der Waals surface area contributed by atoms with Crippen molar-refractivity contribution in [3.05, 3.63) is 58.4 Å². The van der Waals surface area contributed by atoms with Crippen molar-refractivity contribution in [2.45, 2.75) is 32.7 Å². The number of esters is 1. The van der Waals surface area contributed by atoms with E-state index in [-0.39, 0.29) is 24.3 Å². The molecule has 1 amide bonds. The standard InChI is InChI=1S/C21H24N2O4/c1-13-18(14(2)22(3)19(13)21(26)27-4)17(24)12-23(16-10-11-16)20(25)15-8-6-5-7-9-15/h5-9,16H,10-12H2,1-4H3. The topological polar surface area (TPSA) is 68.6 Å². The molecule has 0 aliphatic heterocycles. The molecule has 0 atom stereocenters. The number of aromatic nitrogens is 1. The van der Waals surface area contributed by atoms with Gasteiger partial charge in [0.2, 0.25) is 0 Å². The number of carbonyl (C=O) groups excluding carboxylic acids is 3. The van der Waals surface area contributed by atoms with Crippen LogP contribution in [0.25, 0.3) is 0 Å². The molecule has 1 fully saturated rings. The Balaban J connectivity index is 1.90. The second-order valence-corrected chi connectivity index (χ2v) is 6.94. The van der Waals surface area contributed by atoms with Crippen molar-refractivity contribution in [2.75, 3.05) is 13.7 Å². The largest absolute Gasteiger partial charge is 0.464 e. The SMILES string of the molecule is COC(=O)c1c(C)c(C(=O)CN(C(=O)c2ccccc2)C2CC2)c(C)n1C. The number of ether oxygens (including phenoxy) is 1. The van der Waals surface area contributed by atoms with Gasteiger partial charge in [0.25, 0.3) is 5.91 Å². The summed E-state index contributed by atoms with van der Waals surface area (Å²) >= 11 is 0. The summed E-state index contributed by atoms with van der Waals surface area (Å²) in [5, 5.41) is 0. The van der Waals surface area contributed by atoms with Gasteiger partial charge in [-0.15, -0.1) is 0 Å². The second kappa shape index (κ2) is 7.39. The molecule has 2 aromatic rings.